The molecule has 0 aliphatic carbocycles. The largest absolute Gasteiger partial charge is 1.00 e. The van der Waals surface area contributed by atoms with Gasteiger partial charge in [-0.05, 0) is 43.5 Å². The molecule has 0 saturated carbocycles. The Bertz CT molecular complexity index is 981. The van der Waals surface area contributed by atoms with Gasteiger partial charge in [-0.25, -0.2) is 4.98 Å². The molecule has 31 heavy (non-hydrogen) atoms. The first-order valence-electron chi connectivity index (χ1n) is 10.5. The van der Waals surface area contributed by atoms with Crippen LogP contribution in [0.3, 0.4) is 0 Å². The van der Waals surface area contributed by atoms with Crippen molar-refractivity contribution in [2.45, 2.75) is 39.2 Å². The number of anilines is 2. The molecular weight excluding hydrogens is 437 g/mol. The molecule has 0 amide bonds. The van der Waals surface area contributed by atoms with Crippen LogP contribution in [0.2, 0.25) is 0 Å². The molecule has 158 valence electrons. The Morgan fingerprint density at radius 3 is 2.48 bits per heavy atom. The maximum Gasteiger partial charge on any atom is 1.00 e. The van der Waals surface area contributed by atoms with Crippen LogP contribution in [0, 0.1) is 0 Å². The van der Waals surface area contributed by atoms with Crippen molar-refractivity contribution >= 4 is 39.5 Å². The van der Waals surface area contributed by atoms with E-state index in [0.29, 0.717) is 13.1 Å². The molecular formula is C23H26N3NaO2S2. The van der Waals surface area contributed by atoms with Crippen LogP contribution in [0.4, 0.5) is 10.8 Å². The van der Waals surface area contributed by atoms with E-state index in [1.54, 1.807) is 22.7 Å². The number of hydrogen-bond acceptors (Lipinski definition) is 7. The number of hydrogen-bond donors (Lipinski definition) is 0. The molecule has 0 spiro atoms. The van der Waals surface area contributed by atoms with Gasteiger partial charge in [-0.2, -0.15) is 0 Å². The van der Waals surface area contributed by atoms with Gasteiger partial charge in [-0.3, -0.25) is 0 Å². The fraction of sp³-hybridized carbons (Fsp3) is 0.391. The average molecular weight is 464 g/mol. The third-order valence-electron chi connectivity index (χ3n) is 5.40. The second-order valence-electron chi connectivity index (χ2n) is 7.52. The molecule has 0 atom stereocenters. The summed E-state index contributed by atoms with van der Waals surface area (Å²) in [4.78, 5) is 22.9. The van der Waals surface area contributed by atoms with Crippen LogP contribution in [0.5, 0.6) is 0 Å². The molecule has 1 aromatic carbocycles. The van der Waals surface area contributed by atoms with Crippen molar-refractivity contribution in [1.29, 1.82) is 0 Å². The number of benzene rings is 1. The third-order valence-corrected chi connectivity index (χ3v) is 7.51. The van der Waals surface area contributed by atoms with Crippen molar-refractivity contribution in [3.8, 4) is 11.3 Å². The first-order chi connectivity index (χ1) is 14.6. The molecule has 2 aromatic heterocycles. The summed E-state index contributed by atoms with van der Waals surface area (Å²) in [5.41, 5.74) is 3.29. The van der Waals surface area contributed by atoms with Gasteiger partial charge in [-0.15, -0.1) is 22.7 Å². The van der Waals surface area contributed by atoms with Gasteiger partial charge >= 0.3 is 29.6 Å². The Labute approximate surface area is 214 Å². The van der Waals surface area contributed by atoms with E-state index in [2.05, 4.69) is 53.6 Å². The molecule has 4 rings (SSSR count). The standard InChI is InChI=1S/C23H27N3O2S2.Na/c1-2-19-9-10-20(30-19)15-26(14-11-22(27)28)23-24-21(16-29-23)17-5-7-18(8-6-17)25-12-3-4-13-25;/h5-10,16H,2-4,11-15H2,1H3,(H,27,28);/q;+1/p-1. The van der Waals surface area contributed by atoms with E-state index in [1.165, 1.54) is 28.3 Å². The Hall–Kier alpha value is -1.38. The molecule has 8 heteroatoms. The summed E-state index contributed by atoms with van der Waals surface area (Å²) >= 11 is 3.34. The summed E-state index contributed by atoms with van der Waals surface area (Å²) < 4.78 is 0. The van der Waals surface area contributed by atoms with Crippen molar-refractivity contribution in [3.63, 3.8) is 0 Å². The number of nitrogens with zero attached hydrogens (tertiary/aromatic N) is 3. The van der Waals surface area contributed by atoms with Crippen LogP contribution in [-0.4, -0.2) is 30.6 Å². The zero-order chi connectivity index (χ0) is 20.9. The predicted molar refractivity (Wildman–Crippen MR) is 123 cm³/mol. The number of carboxylic acids is 1. The van der Waals surface area contributed by atoms with Crippen LogP contribution in [0.15, 0.2) is 41.8 Å². The normalized spacial score (nSPS) is 13.3. The van der Waals surface area contributed by atoms with E-state index < -0.39 is 5.97 Å². The minimum atomic E-state index is -1.03. The van der Waals surface area contributed by atoms with Crippen molar-refractivity contribution in [1.82, 2.24) is 4.98 Å². The maximum absolute atomic E-state index is 11.0. The van der Waals surface area contributed by atoms with Crippen LogP contribution in [0.25, 0.3) is 11.3 Å². The number of aryl methyl sites for hydroxylation is 1. The van der Waals surface area contributed by atoms with E-state index >= 15 is 0 Å². The Morgan fingerprint density at radius 2 is 1.84 bits per heavy atom. The number of thiophene rings is 1. The zero-order valence-corrected chi connectivity index (χ0v) is 21.8. The predicted octanol–water partition coefficient (Wildman–Crippen LogP) is 1.18. The maximum atomic E-state index is 11.0. The fourth-order valence-electron chi connectivity index (χ4n) is 3.71. The van der Waals surface area contributed by atoms with Gasteiger partial charge in [0.2, 0.25) is 0 Å². The minimum absolute atomic E-state index is 0. The second-order valence-corrected chi connectivity index (χ2v) is 9.61. The van der Waals surface area contributed by atoms with Crippen molar-refractivity contribution in [3.05, 3.63) is 51.5 Å². The quantitative estimate of drug-likeness (QED) is 0.446. The SMILES string of the molecule is CCc1ccc(CN(CCC(=O)[O-])c2nc(-c3ccc(N4CCCC4)cc3)cs2)s1.[Na+]. The van der Waals surface area contributed by atoms with Crippen molar-refractivity contribution in [2.75, 3.05) is 29.4 Å². The molecule has 1 aliphatic heterocycles. The number of rotatable bonds is 9. The van der Waals surface area contributed by atoms with E-state index in [-0.39, 0.29) is 36.0 Å². The second kappa shape index (κ2) is 11.5. The molecule has 0 unspecified atom stereocenters. The van der Waals surface area contributed by atoms with Gasteiger partial charge in [-0.1, -0.05) is 19.1 Å². The number of carbonyl (C=O) groups is 1. The van der Waals surface area contributed by atoms with Gasteiger partial charge in [0.15, 0.2) is 5.13 Å². The van der Waals surface area contributed by atoms with Crippen molar-refractivity contribution in [2.24, 2.45) is 0 Å². The monoisotopic (exact) mass is 463 g/mol. The first-order valence-corrected chi connectivity index (χ1v) is 12.2. The summed E-state index contributed by atoms with van der Waals surface area (Å²) in [6.45, 7) is 5.47. The molecule has 0 N–H and O–H groups in total. The van der Waals surface area contributed by atoms with Gasteiger partial charge in [0.1, 0.15) is 0 Å². The number of aromatic nitrogens is 1. The number of aliphatic carboxylic acids is 1. The fourth-order valence-corrected chi connectivity index (χ4v) is 5.55. The molecule has 5 nitrogen and oxygen atoms in total. The van der Waals surface area contributed by atoms with Gasteiger partial charge in [0.25, 0.3) is 0 Å². The number of thiazole rings is 1. The van der Waals surface area contributed by atoms with Gasteiger partial charge in [0, 0.05) is 58.4 Å². The molecule has 0 radical (unpaired) electrons. The van der Waals surface area contributed by atoms with E-state index in [4.69, 9.17) is 4.98 Å². The molecule has 1 aliphatic rings. The van der Waals surface area contributed by atoms with E-state index in [0.717, 1.165) is 35.9 Å². The minimum Gasteiger partial charge on any atom is -0.550 e. The molecule has 3 aromatic rings. The summed E-state index contributed by atoms with van der Waals surface area (Å²) in [6, 6.07) is 12.9. The average Bonchev–Trinajstić information content (AvgIpc) is 3.53. The molecule has 1 fully saturated rings. The third kappa shape index (κ3) is 6.33. The Kier molecular flexibility index (Phi) is 8.98. The summed E-state index contributed by atoms with van der Waals surface area (Å²) in [5, 5.41) is 14.0. The zero-order valence-electron chi connectivity index (χ0n) is 18.2. The summed E-state index contributed by atoms with van der Waals surface area (Å²) in [6.07, 6.45) is 3.54. The van der Waals surface area contributed by atoms with Gasteiger partial charge in [0.05, 0.1) is 12.2 Å². The number of carboxylic acid groups (broad SMARTS) is 1. The van der Waals surface area contributed by atoms with E-state index in [1.807, 2.05) is 4.90 Å². The van der Waals surface area contributed by atoms with Gasteiger partial charge < -0.3 is 19.7 Å². The Morgan fingerprint density at radius 1 is 1.13 bits per heavy atom. The topological polar surface area (TPSA) is 59.5 Å². The van der Waals surface area contributed by atoms with Crippen LogP contribution in [0.1, 0.15) is 35.9 Å². The van der Waals surface area contributed by atoms with Crippen molar-refractivity contribution < 1.29 is 39.5 Å². The first kappa shape index (κ1) is 24.3. The molecule has 0 bridgehead atoms. The molecule has 1 saturated heterocycles. The summed E-state index contributed by atoms with van der Waals surface area (Å²) in [5.74, 6) is -1.03. The van der Waals surface area contributed by atoms with Crippen LogP contribution < -0.4 is 44.5 Å². The van der Waals surface area contributed by atoms with E-state index in [9.17, 15) is 9.90 Å². The number of carbonyl (C=O) groups excluding carboxylic acids is 1. The smallest absolute Gasteiger partial charge is 0.550 e. The van der Waals surface area contributed by atoms with Crippen LogP contribution in [-0.2, 0) is 17.8 Å². The van der Waals surface area contributed by atoms with Crippen LogP contribution >= 0.6 is 22.7 Å². The summed E-state index contributed by atoms with van der Waals surface area (Å²) in [7, 11) is 0. The molecule has 3 heterocycles. The Balaban J connectivity index is 0.00000272.